The van der Waals surface area contributed by atoms with Crippen molar-refractivity contribution in [3.8, 4) is 0 Å². The van der Waals surface area contributed by atoms with Crippen molar-refractivity contribution in [2.45, 2.75) is 19.4 Å². The molecule has 3 heterocycles. The Labute approximate surface area is 180 Å². The molecule has 152 valence electrons. The highest BCUT2D eigenvalue weighted by atomic mass is 35.5. The van der Waals surface area contributed by atoms with Gasteiger partial charge in [0.05, 0.1) is 4.34 Å². The average Bonchev–Trinajstić information content (AvgIpc) is 3.35. The molecule has 2 aliphatic rings. The van der Waals surface area contributed by atoms with E-state index in [-0.39, 0.29) is 11.8 Å². The summed E-state index contributed by atoms with van der Waals surface area (Å²) in [5.74, 6) is 0.229. The van der Waals surface area contributed by atoms with E-state index in [0.29, 0.717) is 6.42 Å². The highest BCUT2D eigenvalue weighted by Gasteiger charge is 2.22. The van der Waals surface area contributed by atoms with Crippen molar-refractivity contribution in [3.63, 3.8) is 0 Å². The number of carbonyl (C=O) groups is 2. The monoisotopic (exact) mass is 429 g/mol. The molecule has 1 aromatic carbocycles. The zero-order valence-corrected chi connectivity index (χ0v) is 17.8. The quantitative estimate of drug-likeness (QED) is 0.677. The summed E-state index contributed by atoms with van der Waals surface area (Å²) in [6.07, 6.45) is 5.04. The molecular formula is C22H24ClN3O2S. The van der Waals surface area contributed by atoms with E-state index in [1.54, 1.807) is 17.4 Å². The van der Waals surface area contributed by atoms with Gasteiger partial charge in [0.1, 0.15) is 0 Å². The van der Waals surface area contributed by atoms with Crippen LogP contribution >= 0.6 is 22.9 Å². The molecule has 29 heavy (non-hydrogen) atoms. The lowest BCUT2D eigenvalue weighted by molar-refractivity contribution is -0.127. The number of nitrogens with zero attached hydrogens (tertiary/aromatic N) is 3. The maximum atomic E-state index is 12.5. The topological polar surface area (TPSA) is 43.9 Å². The van der Waals surface area contributed by atoms with Gasteiger partial charge in [-0.2, -0.15) is 0 Å². The van der Waals surface area contributed by atoms with E-state index in [9.17, 15) is 9.59 Å². The number of amides is 2. The van der Waals surface area contributed by atoms with Gasteiger partial charge < -0.3 is 9.80 Å². The van der Waals surface area contributed by atoms with Crippen LogP contribution in [0.1, 0.15) is 23.3 Å². The normalized spacial score (nSPS) is 18.2. The smallest absolute Gasteiger partial charge is 0.246 e. The molecule has 7 heteroatoms. The third-order valence-electron chi connectivity index (χ3n) is 5.39. The predicted octanol–water partition coefficient (Wildman–Crippen LogP) is 3.89. The Morgan fingerprint density at radius 1 is 1.03 bits per heavy atom. The van der Waals surface area contributed by atoms with Crippen molar-refractivity contribution in [1.82, 2.24) is 9.80 Å². The van der Waals surface area contributed by atoms with E-state index in [4.69, 9.17) is 11.6 Å². The minimum absolute atomic E-state index is 0.0441. The van der Waals surface area contributed by atoms with Crippen molar-refractivity contribution < 1.29 is 9.59 Å². The average molecular weight is 430 g/mol. The first-order valence-corrected chi connectivity index (χ1v) is 11.1. The van der Waals surface area contributed by atoms with Crippen molar-refractivity contribution in [2.24, 2.45) is 0 Å². The second-order valence-electron chi connectivity index (χ2n) is 7.38. The van der Waals surface area contributed by atoms with Gasteiger partial charge in [-0.05, 0) is 42.3 Å². The zero-order chi connectivity index (χ0) is 20.2. The molecule has 0 aliphatic carbocycles. The standard InChI is InChI=1S/C22H24ClN3O2S/c23-20-9-8-19(29-20)16-24-12-14-25(15-13-24)21(27)10-5-17-3-6-18(7-4-17)26-11-1-2-22(26)28/h3-10H,1-2,11-16H2/b10-5+. The Kier molecular flexibility index (Phi) is 6.33. The fourth-order valence-electron chi connectivity index (χ4n) is 3.74. The Bertz CT molecular complexity index is 901. The molecule has 2 fully saturated rings. The number of thiophene rings is 1. The van der Waals surface area contributed by atoms with Crippen LogP contribution in [0.25, 0.3) is 6.08 Å². The van der Waals surface area contributed by atoms with E-state index >= 15 is 0 Å². The van der Waals surface area contributed by atoms with Crippen LogP contribution in [0.4, 0.5) is 5.69 Å². The number of hydrogen-bond donors (Lipinski definition) is 0. The Hall–Kier alpha value is -2.15. The molecule has 2 saturated heterocycles. The molecule has 2 aliphatic heterocycles. The Balaban J connectivity index is 1.27. The van der Waals surface area contributed by atoms with Gasteiger partial charge in [0.15, 0.2) is 0 Å². The van der Waals surface area contributed by atoms with Crippen LogP contribution in [0, 0.1) is 0 Å². The number of piperazine rings is 1. The molecule has 0 atom stereocenters. The first kappa shape index (κ1) is 20.1. The van der Waals surface area contributed by atoms with Gasteiger partial charge in [0, 0.05) is 62.3 Å². The summed E-state index contributed by atoms with van der Waals surface area (Å²) in [4.78, 5) is 31.7. The van der Waals surface area contributed by atoms with Gasteiger partial charge >= 0.3 is 0 Å². The third kappa shape index (κ3) is 5.07. The number of hydrogen-bond acceptors (Lipinski definition) is 4. The summed E-state index contributed by atoms with van der Waals surface area (Å²) in [5, 5.41) is 0. The number of carbonyl (C=O) groups excluding carboxylic acids is 2. The lowest BCUT2D eigenvalue weighted by atomic mass is 10.1. The second kappa shape index (κ2) is 9.11. The maximum absolute atomic E-state index is 12.5. The van der Waals surface area contributed by atoms with Gasteiger partial charge in [-0.25, -0.2) is 0 Å². The molecule has 0 unspecified atom stereocenters. The zero-order valence-electron chi connectivity index (χ0n) is 16.2. The third-order valence-corrected chi connectivity index (χ3v) is 6.60. The number of anilines is 1. The molecule has 1 aromatic heterocycles. The SMILES string of the molecule is O=C(/C=C/c1ccc(N2CCCC2=O)cc1)N1CCN(Cc2ccc(Cl)s2)CC1. The van der Waals surface area contributed by atoms with Gasteiger partial charge in [0.2, 0.25) is 11.8 Å². The van der Waals surface area contributed by atoms with Gasteiger partial charge in [0.25, 0.3) is 0 Å². The Morgan fingerprint density at radius 3 is 2.41 bits per heavy atom. The molecule has 0 bridgehead atoms. The highest BCUT2D eigenvalue weighted by Crippen LogP contribution is 2.23. The van der Waals surface area contributed by atoms with Crippen LogP contribution in [-0.2, 0) is 16.1 Å². The van der Waals surface area contributed by atoms with Crippen molar-refractivity contribution >= 4 is 46.5 Å². The summed E-state index contributed by atoms with van der Waals surface area (Å²) < 4.78 is 0.819. The first-order chi connectivity index (χ1) is 14.1. The lowest BCUT2D eigenvalue weighted by Crippen LogP contribution is -2.47. The van der Waals surface area contributed by atoms with Crippen molar-refractivity contribution in [2.75, 3.05) is 37.6 Å². The minimum Gasteiger partial charge on any atom is -0.337 e. The summed E-state index contributed by atoms with van der Waals surface area (Å²) >= 11 is 7.61. The van der Waals surface area contributed by atoms with Gasteiger partial charge in [-0.15, -0.1) is 11.3 Å². The van der Waals surface area contributed by atoms with Crippen LogP contribution in [0.15, 0.2) is 42.5 Å². The predicted molar refractivity (Wildman–Crippen MR) is 118 cm³/mol. The van der Waals surface area contributed by atoms with Crippen LogP contribution in [0.3, 0.4) is 0 Å². The van der Waals surface area contributed by atoms with Crippen LogP contribution in [0.2, 0.25) is 4.34 Å². The molecular weight excluding hydrogens is 406 g/mol. The summed E-state index contributed by atoms with van der Waals surface area (Å²) in [5.41, 5.74) is 1.89. The summed E-state index contributed by atoms with van der Waals surface area (Å²) in [6.45, 7) is 4.89. The minimum atomic E-state index is 0.0441. The Morgan fingerprint density at radius 2 is 1.79 bits per heavy atom. The van der Waals surface area contributed by atoms with E-state index in [1.165, 1.54) is 4.88 Å². The number of rotatable bonds is 5. The van der Waals surface area contributed by atoms with E-state index in [2.05, 4.69) is 11.0 Å². The van der Waals surface area contributed by atoms with Gasteiger partial charge in [-0.3, -0.25) is 14.5 Å². The molecule has 5 nitrogen and oxygen atoms in total. The summed E-state index contributed by atoms with van der Waals surface area (Å²) in [7, 11) is 0. The number of benzene rings is 1. The number of halogens is 1. The molecule has 0 saturated carbocycles. The maximum Gasteiger partial charge on any atom is 0.246 e. The van der Waals surface area contributed by atoms with Gasteiger partial charge in [-0.1, -0.05) is 23.7 Å². The highest BCUT2D eigenvalue weighted by molar-refractivity contribution is 7.16. The lowest BCUT2D eigenvalue weighted by Gasteiger charge is -2.33. The molecule has 0 spiro atoms. The fraction of sp³-hybridized carbons (Fsp3) is 0.364. The van der Waals surface area contributed by atoms with E-state index in [0.717, 1.165) is 61.3 Å². The second-order valence-corrected chi connectivity index (χ2v) is 9.18. The molecule has 2 aromatic rings. The van der Waals surface area contributed by atoms with Crippen molar-refractivity contribution in [1.29, 1.82) is 0 Å². The fourth-order valence-corrected chi connectivity index (χ4v) is 4.87. The summed E-state index contributed by atoms with van der Waals surface area (Å²) in [6, 6.07) is 11.8. The van der Waals surface area contributed by atoms with Crippen molar-refractivity contribution in [3.05, 3.63) is 57.3 Å². The molecule has 0 radical (unpaired) electrons. The molecule has 2 amide bonds. The molecule has 4 rings (SSSR count). The van der Waals surface area contributed by atoms with Crippen LogP contribution < -0.4 is 4.90 Å². The van der Waals surface area contributed by atoms with Crippen LogP contribution in [-0.4, -0.2) is 54.3 Å². The van der Waals surface area contributed by atoms with Crippen LogP contribution in [0.5, 0.6) is 0 Å². The van der Waals surface area contributed by atoms with E-state index < -0.39 is 0 Å². The first-order valence-electron chi connectivity index (χ1n) is 9.92. The van der Waals surface area contributed by atoms with E-state index in [1.807, 2.05) is 46.2 Å². The largest absolute Gasteiger partial charge is 0.337 e. The molecule has 0 N–H and O–H groups in total.